The van der Waals surface area contributed by atoms with Gasteiger partial charge in [-0.1, -0.05) is 5.16 Å². The van der Waals surface area contributed by atoms with E-state index >= 15 is 0 Å². The number of pyridine rings is 1. The lowest BCUT2D eigenvalue weighted by molar-refractivity contribution is -0.117. The molecule has 3 aliphatic rings. The van der Waals surface area contributed by atoms with Gasteiger partial charge in [0.2, 0.25) is 5.91 Å². The van der Waals surface area contributed by atoms with E-state index < -0.39 is 0 Å². The Morgan fingerprint density at radius 1 is 1.12 bits per heavy atom. The van der Waals surface area contributed by atoms with Crippen LogP contribution in [-0.2, 0) is 11.2 Å². The summed E-state index contributed by atoms with van der Waals surface area (Å²) in [6.07, 6.45) is 3.54. The molecule has 1 saturated heterocycles. The maximum atomic E-state index is 13.5. The summed E-state index contributed by atoms with van der Waals surface area (Å²) < 4.78 is 5.30. The van der Waals surface area contributed by atoms with E-state index in [1.165, 1.54) is 12.8 Å². The molecular formula is C24H26N6O3. The molecule has 1 atom stereocenters. The summed E-state index contributed by atoms with van der Waals surface area (Å²) in [6, 6.07) is 1.81. The monoisotopic (exact) mass is 446 g/mol. The molecule has 2 amide bonds. The van der Waals surface area contributed by atoms with Crippen molar-refractivity contribution in [3.8, 4) is 0 Å². The van der Waals surface area contributed by atoms with Gasteiger partial charge in [0.05, 0.1) is 23.1 Å². The van der Waals surface area contributed by atoms with Crippen LogP contribution in [0.25, 0.3) is 11.1 Å². The van der Waals surface area contributed by atoms with Crippen molar-refractivity contribution >= 4 is 28.7 Å². The quantitative estimate of drug-likeness (QED) is 0.607. The molecule has 2 aliphatic heterocycles. The molecule has 2 fully saturated rings. The Morgan fingerprint density at radius 2 is 1.94 bits per heavy atom. The maximum Gasteiger partial charge on any atom is 0.258 e. The Morgan fingerprint density at radius 3 is 2.73 bits per heavy atom. The molecule has 0 unspecified atom stereocenters. The molecule has 3 aromatic rings. The van der Waals surface area contributed by atoms with Crippen LogP contribution in [0.4, 0.5) is 5.82 Å². The fourth-order valence-electron chi connectivity index (χ4n) is 5.04. The molecule has 0 N–H and O–H groups in total. The number of likely N-dealkylation sites (tertiary alicyclic amines) is 1. The zero-order chi connectivity index (χ0) is 22.9. The van der Waals surface area contributed by atoms with Crippen LogP contribution >= 0.6 is 0 Å². The minimum atomic E-state index is -0.0530. The van der Waals surface area contributed by atoms with E-state index in [0.29, 0.717) is 47.8 Å². The molecule has 9 heteroatoms. The molecule has 9 nitrogen and oxygen atoms in total. The fourth-order valence-corrected chi connectivity index (χ4v) is 5.04. The summed E-state index contributed by atoms with van der Waals surface area (Å²) in [6.45, 7) is 7.55. The highest BCUT2D eigenvalue weighted by atomic mass is 16.5. The number of hydrogen-bond acceptors (Lipinski definition) is 7. The second-order valence-corrected chi connectivity index (χ2v) is 9.59. The van der Waals surface area contributed by atoms with Gasteiger partial charge in [0.1, 0.15) is 11.6 Å². The van der Waals surface area contributed by atoms with Crippen molar-refractivity contribution in [2.45, 2.75) is 52.4 Å². The molecule has 170 valence electrons. The highest BCUT2D eigenvalue weighted by Crippen LogP contribution is 2.37. The molecule has 0 bridgehead atoms. The highest BCUT2D eigenvalue weighted by molar-refractivity contribution is 6.06. The number of aromatic nitrogens is 4. The number of nitrogens with zero attached hydrogens (tertiary/aromatic N) is 6. The van der Waals surface area contributed by atoms with Gasteiger partial charge in [-0.3, -0.25) is 14.5 Å². The van der Waals surface area contributed by atoms with E-state index in [4.69, 9.17) is 14.5 Å². The third-order valence-electron chi connectivity index (χ3n) is 7.05. The second kappa shape index (κ2) is 7.33. The van der Waals surface area contributed by atoms with Crippen molar-refractivity contribution in [2.75, 3.05) is 24.5 Å². The van der Waals surface area contributed by atoms with E-state index in [9.17, 15) is 9.59 Å². The topological polar surface area (TPSA) is 105 Å². The van der Waals surface area contributed by atoms with Crippen LogP contribution in [0.3, 0.4) is 0 Å². The maximum absolute atomic E-state index is 13.5. The van der Waals surface area contributed by atoms with Gasteiger partial charge in [-0.05, 0) is 52.0 Å². The lowest BCUT2D eigenvalue weighted by Crippen LogP contribution is -2.30. The predicted octanol–water partition coefficient (Wildman–Crippen LogP) is 2.87. The zero-order valence-electron chi connectivity index (χ0n) is 19.1. The molecule has 33 heavy (non-hydrogen) atoms. The first-order chi connectivity index (χ1) is 15.9. The third-order valence-corrected chi connectivity index (χ3v) is 7.05. The average Bonchev–Trinajstić information content (AvgIpc) is 3.18. The summed E-state index contributed by atoms with van der Waals surface area (Å²) >= 11 is 0. The van der Waals surface area contributed by atoms with Crippen molar-refractivity contribution in [3.63, 3.8) is 0 Å². The SMILES string of the molecule is Cc1cc(C(=O)N2CC[C@@H](c3nc(C)c4c(n3)N(CC3CC3)C(=O)C4)C2)c2c(C)noc2n1. The van der Waals surface area contributed by atoms with E-state index in [0.717, 1.165) is 41.6 Å². The number of carbonyl (C=O) groups is 2. The first-order valence-corrected chi connectivity index (χ1v) is 11.6. The summed E-state index contributed by atoms with van der Waals surface area (Å²) in [4.78, 5) is 43.8. The predicted molar refractivity (Wildman–Crippen MR) is 120 cm³/mol. The number of carbonyl (C=O) groups excluding carboxylic acids is 2. The fraction of sp³-hybridized carbons (Fsp3) is 0.500. The van der Waals surface area contributed by atoms with E-state index in [1.807, 2.05) is 30.6 Å². The van der Waals surface area contributed by atoms with Crippen molar-refractivity contribution in [2.24, 2.45) is 5.92 Å². The molecular weight excluding hydrogens is 420 g/mol. The highest BCUT2D eigenvalue weighted by Gasteiger charge is 2.37. The number of aryl methyl sites for hydroxylation is 3. The normalized spacial score (nSPS) is 20.2. The van der Waals surface area contributed by atoms with Crippen LogP contribution in [-0.4, -0.2) is 56.5 Å². The van der Waals surface area contributed by atoms with Gasteiger partial charge in [-0.15, -0.1) is 0 Å². The molecule has 6 rings (SSSR count). The van der Waals surface area contributed by atoms with Crippen molar-refractivity contribution in [3.05, 3.63) is 40.1 Å². The summed E-state index contributed by atoms with van der Waals surface area (Å²) in [5.74, 6) is 2.22. The Balaban J connectivity index is 1.27. The van der Waals surface area contributed by atoms with Gasteiger partial charge in [0, 0.05) is 42.5 Å². The summed E-state index contributed by atoms with van der Waals surface area (Å²) in [7, 11) is 0. The molecule has 1 saturated carbocycles. The number of fused-ring (bicyclic) bond motifs is 2. The number of anilines is 1. The first kappa shape index (κ1) is 20.3. The lowest BCUT2D eigenvalue weighted by Gasteiger charge is -2.19. The van der Waals surface area contributed by atoms with Crippen LogP contribution in [0.15, 0.2) is 10.6 Å². The van der Waals surface area contributed by atoms with Crippen LogP contribution in [0, 0.1) is 26.7 Å². The zero-order valence-corrected chi connectivity index (χ0v) is 19.1. The van der Waals surface area contributed by atoms with Gasteiger partial charge >= 0.3 is 0 Å². The van der Waals surface area contributed by atoms with Crippen molar-refractivity contribution < 1.29 is 14.1 Å². The summed E-state index contributed by atoms with van der Waals surface area (Å²) in [5.41, 5.74) is 4.17. The van der Waals surface area contributed by atoms with Crippen LogP contribution < -0.4 is 4.90 Å². The van der Waals surface area contributed by atoms with Gasteiger partial charge in [-0.2, -0.15) is 0 Å². The number of hydrogen-bond donors (Lipinski definition) is 0. The van der Waals surface area contributed by atoms with E-state index in [-0.39, 0.29) is 17.7 Å². The van der Waals surface area contributed by atoms with Crippen LogP contribution in [0.1, 0.15) is 64.0 Å². The van der Waals surface area contributed by atoms with Crippen LogP contribution in [0.5, 0.6) is 0 Å². The Bertz CT molecular complexity index is 1310. The smallest absolute Gasteiger partial charge is 0.258 e. The van der Waals surface area contributed by atoms with E-state index in [2.05, 4.69) is 10.1 Å². The molecule has 1 aliphatic carbocycles. The first-order valence-electron chi connectivity index (χ1n) is 11.6. The van der Waals surface area contributed by atoms with Gasteiger partial charge < -0.3 is 9.42 Å². The van der Waals surface area contributed by atoms with Crippen LogP contribution in [0.2, 0.25) is 0 Å². The Hall–Kier alpha value is -3.36. The van der Waals surface area contributed by atoms with Crippen molar-refractivity contribution in [1.29, 1.82) is 0 Å². The third kappa shape index (κ3) is 3.37. The van der Waals surface area contributed by atoms with Gasteiger partial charge in [0.15, 0.2) is 0 Å². The average molecular weight is 447 g/mol. The standard InChI is InChI=1S/C24H26N6O3/c1-12-8-18(20-14(3)28-33-23(20)25-12)24(32)29-7-6-16(11-29)21-26-13(2)17-9-19(31)30(22(17)27-21)10-15-4-5-15/h8,15-16H,4-7,9-11H2,1-3H3/t16-/m1/s1. The molecule has 3 aromatic heterocycles. The van der Waals surface area contributed by atoms with Gasteiger partial charge in [-0.25, -0.2) is 15.0 Å². The Labute approximate surface area is 191 Å². The van der Waals surface area contributed by atoms with E-state index in [1.54, 1.807) is 6.07 Å². The number of amides is 2. The molecule has 0 aromatic carbocycles. The molecule has 5 heterocycles. The Kier molecular flexibility index (Phi) is 4.50. The number of rotatable bonds is 4. The largest absolute Gasteiger partial charge is 0.338 e. The minimum absolute atomic E-state index is 0.0402. The lowest BCUT2D eigenvalue weighted by atomic mass is 10.1. The second-order valence-electron chi connectivity index (χ2n) is 9.59. The molecule has 0 radical (unpaired) electrons. The van der Waals surface area contributed by atoms with Crippen molar-refractivity contribution in [1.82, 2.24) is 25.0 Å². The summed E-state index contributed by atoms with van der Waals surface area (Å²) in [5, 5.41) is 4.66. The minimum Gasteiger partial charge on any atom is -0.338 e. The molecule has 0 spiro atoms. The van der Waals surface area contributed by atoms with Gasteiger partial charge in [0.25, 0.3) is 11.6 Å².